The summed E-state index contributed by atoms with van der Waals surface area (Å²) in [7, 11) is 0. The Bertz CT molecular complexity index is 338. The fourth-order valence-corrected chi connectivity index (χ4v) is 1.89. The van der Waals surface area contributed by atoms with Gasteiger partial charge < -0.3 is 5.32 Å². The molecule has 0 aliphatic rings. The molecular formula is C14H21NO. The van der Waals surface area contributed by atoms with Crippen LogP contribution in [0.15, 0.2) is 18.2 Å². The maximum atomic E-state index is 11.7. The lowest BCUT2D eigenvalue weighted by atomic mass is 10.0. The van der Waals surface area contributed by atoms with Crippen molar-refractivity contribution < 1.29 is 4.79 Å². The molecule has 1 aromatic rings. The zero-order chi connectivity index (χ0) is 12.0. The first kappa shape index (κ1) is 12.9. The average molecular weight is 219 g/mol. The molecule has 1 aromatic carbocycles. The van der Waals surface area contributed by atoms with E-state index in [1.807, 2.05) is 6.92 Å². The van der Waals surface area contributed by atoms with Gasteiger partial charge in [-0.15, -0.1) is 0 Å². The van der Waals surface area contributed by atoms with E-state index in [0.29, 0.717) is 18.6 Å². The van der Waals surface area contributed by atoms with Gasteiger partial charge in [-0.3, -0.25) is 4.79 Å². The van der Waals surface area contributed by atoms with E-state index < -0.39 is 0 Å². The lowest BCUT2D eigenvalue weighted by molar-refractivity contribution is -0.118. The number of hydrogen-bond acceptors (Lipinski definition) is 2. The number of carbonyl (C=O) groups excluding carboxylic acids is 1. The summed E-state index contributed by atoms with van der Waals surface area (Å²) >= 11 is 0. The van der Waals surface area contributed by atoms with Crippen LogP contribution in [0.4, 0.5) is 0 Å². The first-order valence-electron chi connectivity index (χ1n) is 5.91. The lowest BCUT2D eigenvalue weighted by Gasteiger charge is -2.05. The topological polar surface area (TPSA) is 29.1 Å². The highest BCUT2D eigenvalue weighted by Crippen LogP contribution is 2.10. The molecule has 0 unspecified atom stereocenters. The smallest absolute Gasteiger partial charge is 0.138 e. The number of hydrogen-bond donors (Lipinski definition) is 1. The molecule has 0 bridgehead atoms. The van der Waals surface area contributed by atoms with Crippen molar-refractivity contribution in [1.29, 1.82) is 0 Å². The van der Waals surface area contributed by atoms with Crippen molar-refractivity contribution in [2.45, 2.75) is 33.6 Å². The Morgan fingerprint density at radius 2 is 1.81 bits per heavy atom. The summed E-state index contributed by atoms with van der Waals surface area (Å²) in [4.78, 5) is 11.7. The Labute approximate surface area is 98.1 Å². The molecule has 0 aliphatic heterocycles. The second-order valence-electron chi connectivity index (χ2n) is 4.31. The van der Waals surface area contributed by atoms with Gasteiger partial charge in [-0.05, 0) is 26.0 Å². The molecule has 0 saturated heterocycles. The van der Waals surface area contributed by atoms with Crippen molar-refractivity contribution in [2.24, 2.45) is 0 Å². The van der Waals surface area contributed by atoms with Gasteiger partial charge >= 0.3 is 0 Å². The van der Waals surface area contributed by atoms with Crippen LogP contribution >= 0.6 is 0 Å². The summed E-state index contributed by atoms with van der Waals surface area (Å²) in [5.41, 5.74) is 3.60. The van der Waals surface area contributed by atoms with Crippen molar-refractivity contribution in [1.82, 2.24) is 5.32 Å². The second-order valence-corrected chi connectivity index (χ2v) is 4.31. The third-order valence-electron chi connectivity index (χ3n) is 2.51. The monoisotopic (exact) mass is 219 g/mol. The molecule has 88 valence electrons. The van der Waals surface area contributed by atoms with Gasteiger partial charge in [0.25, 0.3) is 0 Å². The summed E-state index contributed by atoms with van der Waals surface area (Å²) in [6, 6.07) is 6.32. The van der Waals surface area contributed by atoms with Crippen molar-refractivity contribution in [3.05, 3.63) is 34.9 Å². The van der Waals surface area contributed by atoms with Crippen LogP contribution in [-0.2, 0) is 11.2 Å². The van der Waals surface area contributed by atoms with Gasteiger partial charge in [0.1, 0.15) is 5.78 Å². The summed E-state index contributed by atoms with van der Waals surface area (Å²) in [5.74, 6) is 0.311. The number of nitrogens with one attached hydrogen (secondary N) is 1. The van der Waals surface area contributed by atoms with Crippen molar-refractivity contribution >= 4 is 5.78 Å². The lowest BCUT2D eigenvalue weighted by Crippen LogP contribution is -2.18. The number of carbonyl (C=O) groups is 1. The molecule has 2 heteroatoms. The molecule has 0 radical (unpaired) electrons. The minimum Gasteiger partial charge on any atom is -0.317 e. The number of aryl methyl sites for hydroxylation is 2. The van der Waals surface area contributed by atoms with Gasteiger partial charge in [0.05, 0.1) is 0 Å². The molecule has 0 amide bonds. The Kier molecular flexibility index (Phi) is 5.20. The summed E-state index contributed by atoms with van der Waals surface area (Å²) in [5, 5.41) is 3.17. The molecule has 0 fully saturated rings. The minimum atomic E-state index is 0.311. The highest BCUT2D eigenvalue weighted by Gasteiger charge is 2.04. The van der Waals surface area contributed by atoms with Crippen molar-refractivity contribution in [2.75, 3.05) is 13.1 Å². The standard InChI is InChI=1S/C14H21NO/c1-4-15-6-5-14(16)10-13-8-11(2)7-12(3)9-13/h7-9,15H,4-6,10H2,1-3H3. The minimum absolute atomic E-state index is 0.311. The van der Waals surface area contributed by atoms with E-state index in [9.17, 15) is 4.79 Å². The molecule has 0 aliphatic carbocycles. The first-order valence-corrected chi connectivity index (χ1v) is 5.91. The average Bonchev–Trinajstić information content (AvgIpc) is 2.16. The van der Waals surface area contributed by atoms with Gasteiger partial charge in [-0.2, -0.15) is 0 Å². The van der Waals surface area contributed by atoms with Crippen LogP contribution in [0.2, 0.25) is 0 Å². The van der Waals surface area contributed by atoms with Gasteiger partial charge in [0, 0.05) is 19.4 Å². The van der Waals surface area contributed by atoms with Crippen LogP contribution in [-0.4, -0.2) is 18.9 Å². The zero-order valence-electron chi connectivity index (χ0n) is 10.5. The molecule has 0 atom stereocenters. The zero-order valence-corrected chi connectivity index (χ0v) is 10.5. The predicted molar refractivity (Wildman–Crippen MR) is 67.8 cm³/mol. The van der Waals surface area contributed by atoms with Crippen LogP contribution < -0.4 is 5.32 Å². The largest absolute Gasteiger partial charge is 0.317 e. The van der Waals surface area contributed by atoms with E-state index in [1.165, 1.54) is 11.1 Å². The quantitative estimate of drug-likeness (QED) is 0.744. The Morgan fingerprint density at radius 1 is 1.19 bits per heavy atom. The third-order valence-corrected chi connectivity index (χ3v) is 2.51. The molecule has 0 heterocycles. The van der Waals surface area contributed by atoms with E-state index in [0.717, 1.165) is 18.7 Å². The number of benzene rings is 1. The van der Waals surface area contributed by atoms with Crippen LogP contribution in [0, 0.1) is 13.8 Å². The van der Waals surface area contributed by atoms with Gasteiger partial charge in [0.15, 0.2) is 0 Å². The number of Topliss-reactive ketones (excluding diaryl/α,β-unsaturated/α-hetero) is 1. The molecular weight excluding hydrogens is 198 g/mol. The van der Waals surface area contributed by atoms with Gasteiger partial charge in [-0.25, -0.2) is 0 Å². The Morgan fingerprint density at radius 3 is 2.38 bits per heavy atom. The van der Waals surface area contributed by atoms with E-state index in [-0.39, 0.29) is 0 Å². The van der Waals surface area contributed by atoms with Crippen molar-refractivity contribution in [3.8, 4) is 0 Å². The van der Waals surface area contributed by atoms with Crippen molar-refractivity contribution in [3.63, 3.8) is 0 Å². The SMILES string of the molecule is CCNCCC(=O)Cc1cc(C)cc(C)c1. The highest BCUT2D eigenvalue weighted by molar-refractivity contribution is 5.81. The van der Waals surface area contributed by atoms with E-state index >= 15 is 0 Å². The maximum absolute atomic E-state index is 11.7. The van der Waals surface area contributed by atoms with Crippen LogP contribution in [0.25, 0.3) is 0 Å². The highest BCUT2D eigenvalue weighted by atomic mass is 16.1. The normalized spacial score (nSPS) is 10.4. The molecule has 0 aromatic heterocycles. The Hall–Kier alpha value is -1.15. The number of ketones is 1. The predicted octanol–water partition coefficient (Wildman–Crippen LogP) is 2.41. The molecule has 0 saturated carbocycles. The number of rotatable bonds is 6. The summed E-state index contributed by atoms with van der Waals surface area (Å²) < 4.78 is 0. The van der Waals surface area contributed by atoms with Gasteiger partial charge in [-0.1, -0.05) is 36.2 Å². The molecule has 16 heavy (non-hydrogen) atoms. The van der Waals surface area contributed by atoms with E-state index in [2.05, 4.69) is 37.4 Å². The van der Waals surface area contributed by atoms with Gasteiger partial charge in [0.2, 0.25) is 0 Å². The summed E-state index contributed by atoms with van der Waals surface area (Å²) in [6.07, 6.45) is 1.19. The molecule has 0 spiro atoms. The third kappa shape index (κ3) is 4.58. The van der Waals surface area contributed by atoms with Crippen LogP contribution in [0.5, 0.6) is 0 Å². The van der Waals surface area contributed by atoms with E-state index in [1.54, 1.807) is 0 Å². The first-order chi connectivity index (χ1) is 7.61. The Balaban J connectivity index is 2.49. The summed E-state index contributed by atoms with van der Waals surface area (Å²) in [6.45, 7) is 7.91. The fraction of sp³-hybridized carbons (Fsp3) is 0.500. The maximum Gasteiger partial charge on any atom is 0.138 e. The van der Waals surface area contributed by atoms with E-state index in [4.69, 9.17) is 0 Å². The molecule has 1 N–H and O–H groups in total. The molecule has 2 nitrogen and oxygen atoms in total. The second kappa shape index (κ2) is 6.44. The molecule has 1 rings (SSSR count). The fourth-order valence-electron chi connectivity index (χ4n) is 1.89. The van der Waals surface area contributed by atoms with Crippen LogP contribution in [0.1, 0.15) is 30.0 Å². The van der Waals surface area contributed by atoms with Crippen LogP contribution in [0.3, 0.4) is 0 Å².